The van der Waals surface area contributed by atoms with E-state index >= 15 is 0 Å². The van der Waals surface area contributed by atoms with Gasteiger partial charge in [-0.1, -0.05) is 37.3 Å². The summed E-state index contributed by atoms with van der Waals surface area (Å²) in [6.45, 7) is 2.44. The Morgan fingerprint density at radius 2 is 1.71 bits per heavy atom. The molecule has 1 fully saturated rings. The number of piperidine rings is 1. The summed E-state index contributed by atoms with van der Waals surface area (Å²) in [7, 11) is 0. The average molecular weight is 434 g/mol. The molecule has 2 amide bonds. The number of halogens is 3. The van der Waals surface area contributed by atoms with Gasteiger partial charge >= 0.3 is 6.18 Å². The van der Waals surface area contributed by atoms with Gasteiger partial charge in [-0.25, -0.2) is 0 Å². The van der Waals surface area contributed by atoms with Crippen LogP contribution in [0.5, 0.6) is 5.75 Å². The van der Waals surface area contributed by atoms with E-state index in [9.17, 15) is 22.8 Å². The predicted molar refractivity (Wildman–Crippen MR) is 110 cm³/mol. The maximum Gasteiger partial charge on any atom is 0.417 e. The fourth-order valence-corrected chi connectivity index (χ4v) is 3.66. The summed E-state index contributed by atoms with van der Waals surface area (Å²) in [6.07, 6.45) is -2.86. The van der Waals surface area contributed by atoms with Crippen molar-refractivity contribution in [1.29, 1.82) is 0 Å². The molecular formula is C23H25F3N2O3. The topological polar surface area (TPSA) is 58.6 Å². The molecule has 1 saturated heterocycles. The second kappa shape index (κ2) is 9.85. The molecule has 2 aromatic carbocycles. The molecule has 0 aromatic heterocycles. The number of likely N-dealkylation sites (tertiary alicyclic amines) is 1. The molecule has 2 aromatic rings. The first-order valence-electron chi connectivity index (χ1n) is 10.2. The minimum absolute atomic E-state index is 0.116. The number of nitrogens with one attached hydrogen (secondary N) is 1. The van der Waals surface area contributed by atoms with Gasteiger partial charge in [0.1, 0.15) is 5.75 Å². The van der Waals surface area contributed by atoms with Gasteiger partial charge in [-0.3, -0.25) is 9.59 Å². The van der Waals surface area contributed by atoms with Crippen LogP contribution in [0, 0.1) is 0 Å². The van der Waals surface area contributed by atoms with Crippen LogP contribution in [0.15, 0.2) is 48.5 Å². The van der Waals surface area contributed by atoms with Crippen LogP contribution in [-0.4, -0.2) is 42.5 Å². The highest BCUT2D eigenvalue weighted by Gasteiger charge is 2.36. The van der Waals surface area contributed by atoms with Crippen LogP contribution in [0.25, 0.3) is 0 Å². The molecule has 8 heteroatoms. The third kappa shape index (κ3) is 5.77. The van der Waals surface area contributed by atoms with E-state index in [0.717, 1.165) is 18.1 Å². The Balaban J connectivity index is 1.51. The lowest BCUT2D eigenvalue weighted by Gasteiger charge is -2.33. The van der Waals surface area contributed by atoms with Crippen molar-refractivity contribution >= 4 is 11.8 Å². The van der Waals surface area contributed by atoms with Crippen molar-refractivity contribution in [3.05, 3.63) is 65.2 Å². The van der Waals surface area contributed by atoms with Crippen LogP contribution in [-0.2, 0) is 17.4 Å². The largest absolute Gasteiger partial charge is 0.483 e. The number of amides is 2. The van der Waals surface area contributed by atoms with Crippen LogP contribution in [0.3, 0.4) is 0 Å². The van der Waals surface area contributed by atoms with Gasteiger partial charge < -0.3 is 15.0 Å². The van der Waals surface area contributed by atoms with Gasteiger partial charge in [0, 0.05) is 19.1 Å². The molecule has 166 valence electrons. The molecule has 31 heavy (non-hydrogen) atoms. The Hall–Kier alpha value is -3.03. The van der Waals surface area contributed by atoms with Crippen molar-refractivity contribution in [3.8, 4) is 5.75 Å². The number of benzene rings is 2. The molecule has 1 aliphatic heterocycles. The highest BCUT2D eigenvalue weighted by Crippen LogP contribution is 2.32. The molecular weight excluding hydrogens is 409 g/mol. The average Bonchev–Trinajstić information content (AvgIpc) is 2.77. The van der Waals surface area contributed by atoms with E-state index in [0.29, 0.717) is 18.6 Å². The second-order valence-corrected chi connectivity index (χ2v) is 7.43. The van der Waals surface area contributed by atoms with Gasteiger partial charge in [0.05, 0.1) is 11.1 Å². The molecule has 0 unspecified atom stereocenters. The molecule has 0 spiro atoms. The Labute approximate surface area is 179 Å². The van der Waals surface area contributed by atoms with Crippen LogP contribution < -0.4 is 10.1 Å². The molecule has 0 radical (unpaired) electrons. The molecule has 1 N–H and O–H groups in total. The normalized spacial score (nSPS) is 14.9. The fraction of sp³-hybridized carbons (Fsp3) is 0.391. The monoisotopic (exact) mass is 434 g/mol. The lowest BCUT2D eigenvalue weighted by atomic mass is 10.0. The van der Waals surface area contributed by atoms with E-state index in [1.165, 1.54) is 23.1 Å². The van der Waals surface area contributed by atoms with Crippen LogP contribution in [0.2, 0.25) is 0 Å². The molecule has 0 atom stereocenters. The lowest BCUT2D eigenvalue weighted by Crippen LogP contribution is -2.47. The zero-order chi connectivity index (χ0) is 22.4. The predicted octanol–water partition coefficient (Wildman–Crippen LogP) is 4.07. The van der Waals surface area contributed by atoms with Crippen molar-refractivity contribution in [3.63, 3.8) is 0 Å². The van der Waals surface area contributed by atoms with Gasteiger partial charge in [0.15, 0.2) is 6.61 Å². The first-order valence-corrected chi connectivity index (χ1v) is 10.2. The third-order valence-electron chi connectivity index (χ3n) is 5.32. The van der Waals surface area contributed by atoms with Gasteiger partial charge in [0.2, 0.25) is 0 Å². The van der Waals surface area contributed by atoms with E-state index < -0.39 is 17.6 Å². The number of carbonyl (C=O) groups is 2. The van der Waals surface area contributed by atoms with Crippen molar-refractivity contribution in [2.24, 2.45) is 0 Å². The zero-order valence-electron chi connectivity index (χ0n) is 17.2. The van der Waals surface area contributed by atoms with Crippen molar-refractivity contribution < 1.29 is 27.5 Å². The Kier molecular flexibility index (Phi) is 7.20. The number of aryl methyl sites for hydroxylation is 1. The van der Waals surface area contributed by atoms with E-state index in [4.69, 9.17) is 4.74 Å². The number of rotatable bonds is 6. The minimum atomic E-state index is -4.59. The number of ether oxygens (including phenoxy) is 1. The SMILES string of the molecule is CCc1ccccc1OCC(=O)NC1CCN(C(=O)c2ccccc2C(F)(F)F)CC1. The lowest BCUT2D eigenvalue weighted by molar-refractivity contribution is -0.138. The Morgan fingerprint density at radius 3 is 2.39 bits per heavy atom. The van der Waals surface area contributed by atoms with E-state index in [-0.39, 0.29) is 37.2 Å². The Morgan fingerprint density at radius 1 is 1.06 bits per heavy atom. The van der Waals surface area contributed by atoms with Crippen LogP contribution in [0.1, 0.15) is 41.3 Å². The second-order valence-electron chi connectivity index (χ2n) is 7.43. The zero-order valence-corrected chi connectivity index (χ0v) is 17.2. The number of nitrogens with zero attached hydrogens (tertiary/aromatic N) is 1. The van der Waals surface area contributed by atoms with Crippen LogP contribution >= 0.6 is 0 Å². The maximum atomic E-state index is 13.2. The summed E-state index contributed by atoms with van der Waals surface area (Å²) in [4.78, 5) is 26.3. The highest BCUT2D eigenvalue weighted by molar-refractivity contribution is 5.96. The number of hydrogen-bond acceptors (Lipinski definition) is 3. The van der Waals surface area contributed by atoms with Crippen LogP contribution in [0.4, 0.5) is 13.2 Å². The fourth-order valence-electron chi connectivity index (χ4n) is 3.66. The summed E-state index contributed by atoms with van der Waals surface area (Å²) in [6, 6.07) is 12.2. The van der Waals surface area contributed by atoms with E-state index in [1.54, 1.807) is 0 Å². The number of alkyl halides is 3. The molecule has 0 bridgehead atoms. The first-order chi connectivity index (χ1) is 14.8. The van der Waals surface area contributed by atoms with Crippen molar-refractivity contribution in [2.45, 2.75) is 38.4 Å². The smallest absolute Gasteiger partial charge is 0.417 e. The molecule has 3 rings (SSSR count). The van der Waals surface area contributed by atoms with Gasteiger partial charge in [0.25, 0.3) is 11.8 Å². The Bertz CT molecular complexity index is 922. The van der Waals surface area contributed by atoms with Gasteiger partial charge in [-0.15, -0.1) is 0 Å². The number of para-hydroxylation sites is 1. The summed E-state index contributed by atoms with van der Waals surface area (Å²) in [5.41, 5.74) is -0.262. The number of carbonyl (C=O) groups excluding carboxylic acids is 2. The molecule has 1 heterocycles. The third-order valence-corrected chi connectivity index (χ3v) is 5.32. The number of hydrogen-bond donors (Lipinski definition) is 1. The van der Waals surface area contributed by atoms with Crippen molar-refractivity contribution in [1.82, 2.24) is 10.2 Å². The summed E-state index contributed by atoms with van der Waals surface area (Å²) >= 11 is 0. The van der Waals surface area contributed by atoms with E-state index in [1.807, 2.05) is 31.2 Å². The maximum absolute atomic E-state index is 13.2. The molecule has 0 aliphatic carbocycles. The molecule has 5 nitrogen and oxygen atoms in total. The standard InChI is InChI=1S/C23H25F3N2O3/c1-2-16-7-3-6-10-20(16)31-15-21(29)27-17-11-13-28(14-12-17)22(30)18-8-4-5-9-19(18)23(24,25)26/h3-10,17H,2,11-15H2,1H3,(H,27,29). The summed E-state index contributed by atoms with van der Waals surface area (Å²) < 4.78 is 45.2. The molecule has 0 saturated carbocycles. The first kappa shape index (κ1) is 22.7. The van der Waals surface area contributed by atoms with Gasteiger partial charge in [-0.05, 0) is 43.0 Å². The van der Waals surface area contributed by atoms with Crippen molar-refractivity contribution in [2.75, 3.05) is 19.7 Å². The summed E-state index contributed by atoms with van der Waals surface area (Å²) in [5.74, 6) is -0.237. The highest BCUT2D eigenvalue weighted by atomic mass is 19.4. The minimum Gasteiger partial charge on any atom is -0.483 e. The summed E-state index contributed by atoms with van der Waals surface area (Å²) in [5, 5.41) is 2.88. The molecule has 1 aliphatic rings. The van der Waals surface area contributed by atoms with E-state index in [2.05, 4.69) is 5.32 Å². The quantitative estimate of drug-likeness (QED) is 0.746. The van der Waals surface area contributed by atoms with Gasteiger partial charge in [-0.2, -0.15) is 13.2 Å².